The number of methoxy groups -OCH3 is 1. The number of nitrogens with zero attached hydrogens (tertiary/aromatic N) is 2. The maximum atomic E-state index is 13.2. The van der Waals surface area contributed by atoms with E-state index < -0.39 is 6.10 Å². The van der Waals surface area contributed by atoms with E-state index in [1.807, 2.05) is 0 Å². The molecule has 2 rings (SSSR count). The molecule has 1 atom stereocenters. The van der Waals surface area contributed by atoms with Gasteiger partial charge in [0.25, 0.3) is 5.91 Å². The SMILES string of the molecule is COCC(O)CN(C)C(=O)c1cc2ccc(F)cc2nc1C. The van der Waals surface area contributed by atoms with Crippen LogP contribution in [-0.2, 0) is 4.74 Å². The summed E-state index contributed by atoms with van der Waals surface area (Å²) in [6, 6.07) is 5.95. The van der Waals surface area contributed by atoms with Gasteiger partial charge >= 0.3 is 0 Å². The van der Waals surface area contributed by atoms with E-state index in [0.717, 1.165) is 0 Å². The molecule has 1 aromatic heterocycles. The largest absolute Gasteiger partial charge is 0.389 e. The average Bonchev–Trinajstić information content (AvgIpc) is 2.45. The summed E-state index contributed by atoms with van der Waals surface area (Å²) < 4.78 is 18.1. The molecule has 0 radical (unpaired) electrons. The molecule has 1 unspecified atom stereocenters. The first-order valence-electron chi connectivity index (χ1n) is 6.91. The highest BCUT2D eigenvalue weighted by Gasteiger charge is 2.18. The Kier molecular flexibility index (Phi) is 5.05. The Morgan fingerprint density at radius 2 is 2.18 bits per heavy atom. The van der Waals surface area contributed by atoms with Crippen LogP contribution < -0.4 is 0 Å². The van der Waals surface area contributed by atoms with Crippen molar-refractivity contribution in [1.29, 1.82) is 0 Å². The van der Waals surface area contributed by atoms with Crippen molar-refractivity contribution in [3.8, 4) is 0 Å². The molecule has 0 aliphatic carbocycles. The summed E-state index contributed by atoms with van der Waals surface area (Å²) in [5.74, 6) is -0.607. The lowest BCUT2D eigenvalue weighted by Crippen LogP contribution is -2.36. The van der Waals surface area contributed by atoms with Gasteiger partial charge in [0.2, 0.25) is 0 Å². The first kappa shape index (κ1) is 16.3. The van der Waals surface area contributed by atoms with Gasteiger partial charge in [0.05, 0.1) is 29.5 Å². The maximum Gasteiger partial charge on any atom is 0.255 e. The fraction of sp³-hybridized carbons (Fsp3) is 0.375. The first-order valence-corrected chi connectivity index (χ1v) is 6.91. The van der Waals surface area contributed by atoms with Crippen molar-refractivity contribution in [1.82, 2.24) is 9.88 Å². The Labute approximate surface area is 128 Å². The number of carbonyl (C=O) groups excluding carboxylic acids is 1. The number of ether oxygens (including phenoxy) is 1. The monoisotopic (exact) mass is 306 g/mol. The van der Waals surface area contributed by atoms with Crippen LogP contribution in [0.4, 0.5) is 4.39 Å². The number of carbonyl (C=O) groups is 1. The van der Waals surface area contributed by atoms with Crippen LogP contribution in [0, 0.1) is 12.7 Å². The molecule has 1 heterocycles. The van der Waals surface area contributed by atoms with Crippen LogP contribution >= 0.6 is 0 Å². The third-order valence-corrected chi connectivity index (χ3v) is 3.39. The maximum absolute atomic E-state index is 13.2. The molecule has 1 aromatic carbocycles. The predicted octanol–water partition coefficient (Wildman–Crippen LogP) is 1.76. The quantitative estimate of drug-likeness (QED) is 0.914. The molecule has 2 aromatic rings. The number of amides is 1. The molecule has 6 heteroatoms. The van der Waals surface area contributed by atoms with Crippen molar-refractivity contribution in [2.45, 2.75) is 13.0 Å². The highest BCUT2D eigenvalue weighted by atomic mass is 19.1. The second kappa shape index (κ2) is 6.81. The van der Waals surface area contributed by atoms with Crippen molar-refractivity contribution in [3.63, 3.8) is 0 Å². The van der Waals surface area contributed by atoms with Gasteiger partial charge < -0.3 is 14.7 Å². The lowest BCUT2D eigenvalue weighted by Gasteiger charge is -2.21. The molecule has 0 fully saturated rings. The normalized spacial score (nSPS) is 12.4. The second-order valence-electron chi connectivity index (χ2n) is 5.25. The summed E-state index contributed by atoms with van der Waals surface area (Å²) in [7, 11) is 3.09. The molecule has 1 N–H and O–H groups in total. The van der Waals surface area contributed by atoms with Crippen LogP contribution in [0.3, 0.4) is 0 Å². The van der Waals surface area contributed by atoms with Crippen LogP contribution in [0.5, 0.6) is 0 Å². The van der Waals surface area contributed by atoms with Crippen molar-refractivity contribution in [2.75, 3.05) is 27.3 Å². The number of fused-ring (bicyclic) bond motifs is 1. The number of rotatable bonds is 5. The zero-order valence-electron chi connectivity index (χ0n) is 12.8. The number of aliphatic hydroxyl groups is 1. The second-order valence-corrected chi connectivity index (χ2v) is 5.25. The van der Waals surface area contributed by atoms with E-state index in [-0.39, 0.29) is 24.9 Å². The van der Waals surface area contributed by atoms with Crippen LogP contribution in [0.2, 0.25) is 0 Å². The van der Waals surface area contributed by atoms with Crippen LogP contribution in [0.25, 0.3) is 10.9 Å². The molecule has 5 nitrogen and oxygen atoms in total. The van der Waals surface area contributed by atoms with E-state index in [9.17, 15) is 14.3 Å². The van der Waals surface area contributed by atoms with Gasteiger partial charge in [-0.1, -0.05) is 0 Å². The standard InChI is InChI=1S/C16H19FN2O3/c1-10-14(16(21)19(2)8-13(20)9-22-3)6-11-4-5-12(17)7-15(11)18-10/h4-7,13,20H,8-9H2,1-3H3. The zero-order chi connectivity index (χ0) is 16.3. The van der Waals surface area contributed by atoms with Gasteiger partial charge in [-0.2, -0.15) is 0 Å². The number of aliphatic hydroxyl groups excluding tert-OH is 1. The van der Waals surface area contributed by atoms with Gasteiger partial charge in [0.15, 0.2) is 0 Å². The molecule has 0 spiro atoms. The lowest BCUT2D eigenvalue weighted by molar-refractivity contribution is 0.0380. The molecule has 22 heavy (non-hydrogen) atoms. The van der Waals surface area contributed by atoms with Gasteiger partial charge in [0.1, 0.15) is 5.82 Å². The van der Waals surface area contributed by atoms with E-state index in [1.165, 1.54) is 24.1 Å². The number of aryl methyl sites for hydroxylation is 1. The first-order chi connectivity index (χ1) is 10.4. The summed E-state index contributed by atoms with van der Waals surface area (Å²) in [6.45, 7) is 2.02. The number of likely N-dealkylation sites (N-methyl/N-ethyl adjacent to an activating group) is 1. The Bertz CT molecular complexity index is 690. The zero-order valence-corrected chi connectivity index (χ0v) is 12.8. The minimum absolute atomic E-state index is 0.159. The highest BCUT2D eigenvalue weighted by molar-refractivity contribution is 5.98. The molecule has 1 amide bonds. The topological polar surface area (TPSA) is 62.7 Å². The van der Waals surface area contributed by atoms with E-state index >= 15 is 0 Å². The molecular formula is C16H19FN2O3. The predicted molar refractivity (Wildman–Crippen MR) is 81.3 cm³/mol. The molecule has 118 valence electrons. The van der Waals surface area contributed by atoms with E-state index in [0.29, 0.717) is 22.2 Å². The third kappa shape index (κ3) is 3.58. The minimum atomic E-state index is -0.748. The van der Waals surface area contributed by atoms with Gasteiger partial charge in [-0.25, -0.2) is 4.39 Å². The van der Waals surface area contributed by atoms with Crippen LogP contribution in [0.1, 0.15) is 16.1 Å². The number of benzene rings is 1. The van der Waals surface area contributed by atoms with Gasteiger partial charge in [-0.3, -0.25) is 9.78 Å². The lowest BCUT2D eigenvalue weighted by atomic mass is 10.1. The third-order valence-electron chi connectivity index (χ3n) is 3.39. The summed E-state index contributed by atoms with van der Waals surface area (Å²) >= 11 is 0. The molecule has 0 saturated carbocycles. The molecule has 0 aliphatic heterocycles. The number of aromatic nitrogens is 1. The highest BCUT2D eigenvalue weighted by Crippen LogP contribution is 2.19. The van der Waals surface area contributed by atoms with Crippen LogP contribution in [-0.4, -0.2) is 54.3 Å². The van der Waals surface area contributed by atoms with Crippen molar-refractivity contribution in [2.24, 2.45) is 0 Å². The smallest absolute Gasteiger partial charge is 0.255 e. The van der Waals surface area contributed by atoms with Gasteiger partial charge in [-0.05, 0) is 25.1 Å². The summed E-state index contributed by atoms with van der Waals surface area (Å²) in [5.41, 5.74) is 1.47. The number of hydrogen-bond donors (Lipinski definition) is 1. The average molecular weight is 306 g/mol. The van der Waals surface area contributed by atoms with E-state index in [2.05, 4.69) is 4.98 Å². The van der Waals surface area contributed by atoms with Gasteiger partial charge in [0, 0.05) is 32.2 Å². The van der Waals surface area contributed by atoms with Crippen molar-refractivity contribution in [3.05, 3.63) is 41.3 Å². The van der Waals surface area contributed by atoms with E-state index in [4.69, 9.17) is 4.74 Å². The summed E-state index contributed by atoms with van der Waals surface area (Å²) in [5, 5.41) is 10.4. The minimum Gasteiger partial charge on any atom is -0.389 e. The van der Waals surface area contributed by atoms with Crippen LogP contribution in [0.15, 0.2) is 24.3 Å². The number of halogens is 1. The van der Waals surface area contributed by atoms with Crippen molar-refractivity contribution < 1.29 is 19.0 Å². The molecule has 0 saturated heterocycles. The summed E-state index contributed by atoms with van der Waals surface area (Å²) in [4.78, 5) is 18.2. The number of pyridine rings is 1. The molecule has 0 bridgehead atoms. The Balaban J connectivity index is 2.27. The Morgan fingerprint density at radius 3 is 2.86 bits per heavy atom. The fourth-order valence-electron chi connectivity index (χ4n) is 2.30. The summed E-state index contributed by atoms with van der Waals surface area (Å²) in [6.07, 6.45) is -0.748. The van der Waals surface area contributed by atoms with Crippen molar-refractivity contribution >= 4 is 16.8 Å². The van der Waals surface area contributed by atoms with E-state index in [1.54, 1.807) is 26.1 Å². The van der Waals surface area contributed by atoms with Gasteiger partial charge in [-0.15, -0.1) is 0 Å². The number of hydrogen-bond acceptors (Lipinski definition) is 4. The Morgan fingerprint density at radius 1 is 1.45 bits per heavy atom. The molecule has 0 aliphatic rings. The molecular weight excluding hydrogens is 287 g/mol. The fourth-order valence-corrected chi connectivity index (χ4v) is 2.30. The Hall–Kier alpha value is -2.05.